The maximum atomic E-state index is 11.7. The van der Waals surface area contributed by atoms with Crippen LogP contribution in [0.4, 0.5) is 0 Å². The Morgan fingerprint density at radius 2 is 2.06 bits per heavy atom. The largest absolute Gasteiger partial charge is 0.466 e. The molecule has 1 aliphatic heterocycles. The lowest BCUT2D eigenvalue weighted by molar-refractivity contribution is -0.143. The molecule has 1 amide bonds. The number of hydrogen-bond donors (Lipinski definition) is 1. The molecule has 6 nitrogen and oxygen atoms in total. The van der Waals surface area contributed by atoms with E-state index in [0.717, 1.165) is 0 Å². The third kappa shape index (κ3) is 5.65. The molecule has 1 N–H and O–H groups in total. The first-order valence-corrected chi connectivity index (χ1v) is 5.96. The van der Waals surface area contributed by atoms with E-state index in [1.165, 1.54) is 0 Å². The van der Waals surface area contributed by atoms with Crippen molar-refractivity contribution in [1.82, 2.24) is 10.2 Å². The summed E-state index contributed by atoms with van der Waals surface area (Å²) in [6.45, 7) is 5.41. The Balaban J connectivity index is 2.05. The zero-order valence-electron chi connectivity index (χ0n) is 10.2. The number of morpholine rings is 1. The van der Waals surface area contributed by atoms with E-state index >= 15 is 0 Å². The third-order valence-electron chi connectivity index (χ3n) is 2.45. The quantitative estimate of drug-likeness (QED) is 0.498. The van der Waals surface area contributed by atoms with Crippen molar-refractivity contribution in [3.8, 4) is 0 Å². The normalized spacial score (nSPS) is 15.7. The van der Waals surface area contributed by atoms with Crippen molar-refractivity contribution < 1.29 is 19.1 Å². The molecule has 0 spiro atoms. The molecular weight excluding hydrogens is 224 g/mol. The van der Waals surface area contributed by atoms with E-state index in [1.54, 1.807) is 11.8 Å². The van der Waals surface area contributed by atoms with Gasteiger partial charge in [0, 0.05) is 19.6 Å². The fourth-order valence-corrected chi connectivity index (χ4v) is 1.54. The van der Waals surface area contributed by atoms with Gasteiger partial charge >= 0.3 is 5.97 Å². The summed E-state index contributed by atoms with van der Waals surface area (Å²) in [5.74, 6) is -0.184. The van der Waals surface area contributed by atoms with E-state index in [2.05, 4.69) is 5.32 Å². The number of rotatable bonds is 6. The average Bonchev–Trinajstić information content (AvgIpc) is 2.36. The van der Waals surface area contributed by atoms with E-state index in [0.29, 0.717) is 45.9 Å². The second-order valence-corrected chi connectivity index (χ2v) is 3.72. The number of esters is 1. The third-order valence-corrected chi connectivity index (χ3v) is 2.45. The number of nitrogens with zero attached hydrogens (tertiary/aromatic N) is 1. The summed E-state index contributed by atoms with van der Waals surface area (Å²) < 4.78 is 9.93. The Kier molecular flexibility index (Phi) is 6.57. The minimum absolute atomic E-state index is 0.0529. The number of carbonyl (C=O) groups is 2. The molecule has 1 heterocycles. The van der Waals surface area contributed by atoms with Gasteiger partial charge in [0.05, 0.1) is 32.8 Å². The van der Waals surface area contributed by atoms with Gasteiger partial charge in [-0.3, -0.25) is 9.59 Å². The van der Waals surface area contributed by atoms with Crippen LogP contribution in [0.1, 0.15) is 13.3 Å². The molecule has 1 rings (SSSR count). The van der Waals surface area contributed by atoms with E-state index in [-0.39, 0.29) is 18.4 Å². The molecule has 17 heavy (non-hydrogen) atoms. The van der Waals surface area contributed by atoms with Crippen molar-refractivity contribution in [3.63, 3.8) is 0 Å². The minimum Gasteiger partial charge on any atom is -0.466 e. The molecular formula is C11H20N2O4. The van der Waals surface area contributed by atoms with Crippen LogP contribution >= 0.6 is 0 Å². The molecule has 0 aliphatic carbocycles. The first kappa shape index (κ1) is 13.9. The second-order valence-electron chi connectivity index (χ2n) is 3.72. The molecule has 6 heteroatoms. The van der Waals surface area contributed by atoms with Crippen molar-refractivity contribution in [2.75, 3.05) is 46.0 Å². The molecule has 0 unspecified atom stereocenters. The lowest BCUT2D eigenvalue weighted by Crippen LogP contribution is -2.44. The van der Waals surface area contributed by atoms with Gasteiger partial charge in [0.2, 0.25) is 5.91 Å². The number of nitrogens with one attached hydrogen (secondary N) is 1. The standard InChI is InChI=1S/C11H20N2O4/c1-2-17-11(15)3-4-12-9-10(14)13-5-7-16-8-6-13/h12H,2-9H2,1H3. The van der Waals surface area contributed by atoms with Crippen LogP contribution in [0, 0.1) is 0 Å². The summed E-state index contributed by atoms with van der Waals surface area (Å²) in [6, 6.07) is 0. The maximum absolute atomic E-state index is 11.7. The van der Waals surface area contributed by atoms with Crippen LogP contribution in [0.5, 0.6) is 0 Å². The molecule has 98 valence electrons. The van der Waals surface area contributed by atoms with Gasteiger partial charge in [0.25, 0.3) is 0 Å². The SMILES string of the molecule is CCOC(=O)CCNCC(=O)N1CCOCC1. The lowest BCUT2D eigenvalue weighted by Gasteiger charge is -2.26. The predicted octanol–water partition coefficient (Wildman–Crippen LogP) is -0.612. The Hall–Kier alpha value is -1.14. The summed E-state index contributed by atoms with van der Waals surface area (Å²) in [5.41, 5.74) is 0. The Bertz CT molecular complexity index is 252. The Labute approximate surface area is 101 Å². The topological polar surface area (TPSA) is 67.9 Å². The zero-order valence-corrected chi connectivity index (χ0v) is 10.2. The van der Waals surface area contributed by atoms with Gasteiger partial charge in [0.1, 0.15) is 0 Å². The Morgan fingerprint density at radius 3 is 2.71 bits per heavy atom. The number of amides is 1. The first-order chi connectivity index (χ1) is 8.24. The van der Waals surface area contributed by atoms with Crippen LogP contribution in [0.2, 0.25) is 0 Å². The van der Waals surface area contributed by atoms with Crippen LogP contribution < -0.4 is 5.32 Å². The van der Waals surface area contributed by atoms with Crippen LogP contribution in [0.25, 0.3) is 0 Å². The van der Waals surface area contributed by atoms with Crippen molar-refractivity contribution in [2.24, 2.45) is 0 Å². The molecule has 1 aliphatic rings. The highest BCUT2D eigenvalue weighted by atomic mass is 16.5. The first-order valence-electron chi connectivity index (χ1n) is 5.96. The van der Waals surface area contributed by atoms with Gasteiger partial charge in [0.15, 0.2) is 0 Å². The molecule has 0 aromatic carbocycles. The highest BCUT2D eigenvalue weighted by Crippen LogP contribution is 1.96. The van der Waals surface area contributed by atoms with E-state index in [4.69, 9.17) is 9.47 Å². The van der Waals surface area contributed by atoms with Crippen molar-refractivity contribution in [3.05, 3.63) is 0 Å². The molecule has 0 atom stereocenters. The molecule has 1 fully saturated rings. The summed E-state index contributed by atoms with van der Waals surface area (Å²) in [4.78, 5) is 24.4. The van der Waals surface area contributed by atoms with Gasteiger partial charge in [-0.2, -0.15) is 0 Å². The fraction of sp³-hybridized carbons (Fsp3) is 0.818. The van der Waals surface area contributed by atoms with Crippen molar-refractivity contribution in [2.45, 2.75) is 13.3 Å². The summed E-state index contributed by atoms with van der Waals surface area (Å²) in [7, 11) is 0. The zero-order chi connectivity index (χ0) is 12.5. The number of hydrogen-bond acceptors (Lipinski definition) is 5. The summed E-state index contributed by atoms with van der Waals surface area (Å²) in [6.07, 6.45) is 0.296. The van der Waals surface area contributed by atoms with E-state index in [9.17, 15) is 9.59 Å². The van der Waals surface area contributed by atoms with Crippen LogP contribution in [-0.2, 0) is 19.1 Å². The highest BCUT2D eigenvalue weighted by molar-refractivity contribution is 5.78. The average molecular weight is 244 g/mol. The van der Waals surface area contributed by atoms with Crippen molar-refractivity contribution in [1.29, 1.82) is 0 Å². The smallest absolute Gasteiger partial charge is 0.307 e. The number of carbonyl (C=O) groups excluding carboxylic acids is 2. The monoisotopic (exact) mass is 244 g/mol. The molecule has 0 bridgehead atoms. The molecule has 1 saturated heterocycles. The van der Waals surface area contributed by atoms with Gasteiger partial charge in [-0.25, -0.2) is 0 Å². The van der Waals surface area contributed by atoms with E-state index < -0.39 is 0 Å². The van der Waals surface area contributed by atoms with Crippen LogP contribution in [-0.4, -0.2) is 62.8 Å². The molecule has 0 radical (unpaired) electrons. The Morgan fingerprint density at radius 1 is 1.35 bits per heavy atom. The van der Waals surface area contributed by atoms with Gasteiger partial charge in [-0.15, -0.1) is 0 Å². The molecule has 0 aromatic rings. The van der Waals surface area contributed by atoms with Crippen LogP contribution in [0.15, 0.2) is 0 Å². The van der Waals surface area contributed by atoms with Crippen molar-refractivity contribution >= 4 is 11.9 Å². The van der Waals surface area contributed by atoms with Gasteiger partial charge < -0.3 is 19.7 Å². The minimum atomic E-state index is -0.237. The summed E-state index contributed by atoms with van der Waals surface area (Å²) >= 11 is 0. The number of ether oxygens (including phenoxy) is 2. The maximum Gasteiger partial charge on any atom is 0.307 e. The van der Waals surface area contributed by atoms with Gasteiger partial charge in [-0.1, -0.05) is 0 Å². The highest BCUT2D eigenvalue weighted by Gasteiger charge is 2.15. The lowest BCUT2D eigenvalue weighted by atomic mass is 10.4. The van der Waals surface area contributed by atoms with E-state index in [1.807, 2.05) is 0 Å². The molecule has 0 aromatic heterocycles. The summed E-state index contributed by atoms with van der Waals surface area (Å²) in [5, 5.41) is 2.94. The predicted molar refractivity (Wildman–Crippen MR) is 61.5 cm³/mol. The fourth-order valence-electron chi connectivity index (χ4n) is 1.54. The van der Waals surface area contributed by atoms with Crippen LogP contribution in [0.3, 0.4) is 0 Å². The second kappa shape index (κ2) is 8.03. The molecule has 0 saturated carbocycles. The van der Waals surface area contributed by atoms with Gasteiger partial charge in [-0.05, 0) is 6.92 Å².